The Labute approximate surface area is 225 Å². The zero-order valence-corrected chi connectivity index (χ0v) is 20.7. The second-order valence-electron chi connectivity index (χ2n) is 7.89. The third-order valence-electron chi connectivity index (χ3n) is 5.12. The Morgan fingerprint density at radius 2 is 1.64 bits per heavy atom. The minimum atomic E-state index is -4.49. The van der Waals surface area contributed by atoms with Crippen molar-refractivity contribution in [3.8, 4) is 0 Å². The Balaban J connectivity index is 0.000000320. The number of rotatable bonds is 6. The Bertz CT molecular complexity index is 1430. The van der Waals surface area contributed by atoms with Crippen LogP contribution >= 0.6 is 11.6 Å². The Kier molecular flexibility index (Phi) is 9.85. The van der Waals surface area contributed by atoms with Crippen LogP contribution in [-0.4, -0.2) is 17.1 Å². The van der Waals surface area contributed by atoms with Gasteiger partial charge in [0.2, 0.25) is 0 Å². The normalized spacial score (nSPS) is 10.6. The molecule has 1 amide bonds. The number of nitrogens with zero attached hydrogens (tertiary/aromatic N) is 1. The highest BCUT2D eigenvalue weighted by molar-refractivity contribution is 6.30. The lowest BCUT2D eigenvalue weighted by atomic mass is 10.1. The first-order chi connectivity index (χ1) is 18.6. The molecule has 0 saturated carbocycles. The topological polar surface area (TPSA) is 115 Å². The first-order valence-corrected chi connectivity index (χ1v) is 11.5. The van der Waals surface area contributed by atoms with Gasteiger partial charge in [0.15, 0.2) is 12.4 Å². The second kappa shape index (κ2) is 13.3. The fourth-order valence-corrected chi connectivity index (χ4v) is 3.42. The van der Waals surface area contributed by atoms with Gasteiger partial charge in [-0.1, -0.05) is 35.9 Å². The number of hydrogen-bond donors (Lipinski definition) is 3. The number of alkyl halides is 3. The quantitative estimate of drug-likeness (QED) is 0.113. The lowest BCUT2D eigenvalue weighted by Gasteiger charge is -2.13. The average Bonchev–Trinajstić information content (AvgIpc) is 2.92. The predicted octanol–water partition coefficient (Wildman–Crippen LogP) is 6.17. The number of nitrogens with one attached hydrogen (secondary N) is 2. The van der Waals surface area contributed by atoms with Gasteiger partial charge in [0.05, 0.1) is 16.7 Å². The highest BCUT2D eigenvalue weighted by atomic mass is 35.5. The molecule has 0 radical (unpaired) electrons. The number of carbonyl (C=O) groups excluding carboxylic acids is 2. The van der Waals surface area contributed by atoms with Gasteiger partial charge in [-0.05, 0) is 54.1 Å². The number of amides is 1. The lowest BCUT2D eigenvalue weighted by molar-refractivity contribution is -0.605. The number of aromatic nitrogens is 1. The molecular formula is C27H21ClF3N3O5. The van der Waals surface area contributed by atoms with Gasteiger partial charge in [0.1, 0.15) is 0 Å². The van der Waals surface area contributed by atoms with Crippen LogP contribution in [0.15, 0.2) is 97.3 Å². The van der Waals surface area contributed by atoms with Gasteiger partial charge in [-0.25, -0.2) is 4.79 Å². The van der Waals surface area contributed by atoms with Gasteiger partial charge in [0.25, 0.3) is 5.91 Å². The number of pyridine rings is 1. The molecule has 12 heteroatoms. The van der Waals surface area contributed by atoms with Crippen molar-refractivity contribution in [2.45, 2.75) is 12.7 Å². The van der Waals surface area contributed by atoms with Crippen molar-refractivity contribution >= 4 is 34.9 Å². The minimum Gasteiger partial charge on any atom is -0.619 e. The van der Waals surface area contributed by atoms with E-state index in [9.17, 15) is 28.0 Å². The van der Waals surface area contributed by atoms with Crippen molar-refractivity contribution in [3.05, 3.63) is 130 Å². The Hall–Kier alpha value is -4.61. The third kappa shape index (κ3) is 8.73. The Morgan fingerprint density at radius 3 is 2.31 bits per heavy atom. The number of para-hydroxylation sites is 1. The fraction of sp³-hybridized carbons (Fsp3) is 0.0741. The van der Waals surface area contributed by atoms with Crippen molar-refractivity contribution in [1.29, 1.82) is 0 Å². The summed E-state index contributed by atoms with van der Waals surface area (Å²) in [6.07, 6.45) is -1.76. The van der Waals surface area contributed by atoms with Crippen LogP contribution in [0.1, 0.15) is 31.8 Å². The number of halogens is 4. The molecule has 4 aromatic rings. The second-order valence-corrected chi connectivity index (χ2v) is 8.32. The minimum absolute atomic E-state index is 0.0534. The van der Waals surface area contributed by atoms with Gasteiger partial charge in [-0.3, -0.25) is 9.68 Å². The first-order valence-electron chi connectivity index (χ1n) is 11.2. The maximum atomic E-state index is 12.8. The smallest absolute Gasteiger partial charge is 0.416 e. The van der Waals surface area contributed by atoms with Crippen LogP contribution in [0.2, 0.25) is 5.02 Å². The summed E-state index contributed by atoms with van der Waals surface area (Å²) in [5.74, 6) is -1.35. The maximum Gasteiger partial charge on any atom is 0.416 e. The number of benzene rings is 3. The monoisotopic (exact) mass is 559 g/mol. The molecule has 1 heterocycles. The van der Waals surface area contributed by atoms with Crippen molar-refractivity contribution < 1.29 is 37.6 Å². The number of hydrogen-bond acceptors (Lipinski definition) is 6. The van der Waals surface area contributed by atoms with Crippen LogP contribution < -0.4 is 15.4 Å². The molecule has 0 aliphatic carbocycles. The molecule has 8 nitrogen and oxygen atoms in total. The first kappa shape index (κ1) is 29.0. The van der Waals surface area contributed by atoms with Crippen LogP contribution in [-0.2, 0) is 17.6 Å². The summed E-state index contributed by atoms with van der Waals surface area (Å²) in [6, 6.07) is 20.5. The summed E-state index contributed by atoms with van der Waals surface area (Å²) in [7, 11) is 0. The van der Waals surface area contributed by atoms with E-state index < -0.39 is 23.6 Å². The molecule has 39 heavy (non-hydrogen) atoms. The summed E-state index contributed by atoms with van der Waals surface area (Å²) in [5.41, 5.74) is 1.08. The highest BCUT2D eigenvalue weighted by Gasteiger charge is 2.30. The van der Waals surface area contributed by atoms with Gasteiger partial charge in [-0.15, -0.1) is 0 Å². The number of anilines is 2. The van der Waals surface area contributed by atoms with Crippen LogP contribution in [0.4, 0.5) is 24.5 Å². The molecule has 0 fully saturated rings. The standard InChI is InChI=1S/C20H16F3N3O2.C7H5ClO3/c21-20(22,23)15-4-3-5-16(12-15)25-19(27)17-6-1-2-7-18(17)24-13-14-8-10-26(28)11-9-14;8-6-3-1-2-5(4-6)7(9)11-10/h1-12,24H,13H2,(H,25,27);1-4,10H. The summed E-state index contributed by atoms with van der Waals surface area (Å²) in [4.78, 5) is 26.7. The largest absolute Gasteiger partial charge is 0.619 e. The van der Waals surface area contributed by atoms with E-state index in [1.54, 1.807) is 48.5 Å². The summed E-state index contributed by atoms with van der Waals surface area (Å²) < 4.78 is 39.2. The van der Waals surface area contributed by atoms with Crippen molar-refractivity contribution in [1.82, 2.24) is 0 Å². The fourth-order valence-electron chi connectivity index (χ4n) is 3.23. The van der Waals surface area contributed by atoms with E-state index in [1.807, 2.05) is 0 Å². The molecule has 1 aromatic heterocycles. The summed E-state index contributed by atoms with van der Waals surface area (Å²) in [6.45, 7) is 0.370. The molecular weight excluding hydrogens is 539 g/mol. The van der Waals surface area contributed by atoms with Crippen LogP contribution in [0.5, 0.6) is 0 Å². The summed E-state index contributed by atoms with van der Waals surface area (Å²) in [5, 5.41) is 25.1. The van der Waals surface area contributed by atoms with Crippen molar-refractivity contribution in [3.63, 3.8) is 0 Å². The van der Waals surface area contributed by atoms with E-state index in [4.69, 9.17) is 16.9 Å². The average molecular weight is 560 g/mol. The van der Waals surface area contributed by atoms with E-state index in [2.05, 4.69) is 15.5 Å². The molecule has 0 aliphatic rings. The SMILES string of the molecule is O=C(Nc1cccc(C(F)(F)F)c1)c1ccccc1NCc1cc[n+]([O-])cc1.O=C(OO)c1cccc(Cl)c1. The van der Waals surface area contributed by atoms with Gasteiger partial charge in [-0.2, -0.15) is 23.2 Å². The Morgan fingerprint density at radius 1 is 0.949 bits per heavy atom. The molecule has 4 rings (SSSR count). The van der Waals surface area contributed by atoms with Crippen LogP contribution in [0, 0.1) is 5.21 Å². The highest BCUT2D eigenvalue weighted by Crippen LogP contribution is 2.31. The van der Waals surface area contributed by atoms with E-state index >= 15 is 0 Å². The predicted molar refractivity (Wildman–Crippen MR) is 138 cm³/mol. The van der Waals surface area contributed by atoms with Gasteiger partial charge >= 0.3 is 12.1 Å². The molecule has 3 aromatic carbocycles. The van der Waals surface area contributed by atoms with Crippen LogP contribution in [0.25, 0.3) is 0 Å². The van der Waals surface area contributed by atoms with E-state index in [0.29, 0.717) is 22.0 Å². The molecule has 3 N–H and O–H groups in total. The number of carbonyl (C=O) groups is 2. The van der Waals surface area contributed by atoms with Crippen molar-refractivity contribution in [2.24, 2.45) is 0 Å². The molecule has 0 saturated heterocycles. The van der Waals surface area contributed by atoms with Crippen molar-refractivity contribution in [2.75, 3.05) is 10.6 Å². The van der Waals surface area contributed by atoms with E-state index in [-0.39, 0.29) is 16.8 Å². The van der Waals surface area contributed by atoms with Gasteiger partial charge < -0.3 is 15.8 Å². The van der Waals surface area contributed by atoms with Crippen LogP contribution in [0.3, 0.4) is 0 Å². The molecule has 0 aliphatic heterocycles. The zero-order chi connectivity index (χ0) is 28.4. The molecule has 0 atom stereocenters. The third-order valence-corrected chi connectivity index (χ3v) is 5.35. The molecule has 0 unspecified atom stereocenters. The molecule has 0 bridgehead atoms. The van der Waals surface area contributed by atoms with E-state index in [0.717, 1.165) is 17.7 Å². The zero-order valence-electron chi connectivity index (χ0n) is 20.0. The summed E-state index contributed by atoms with van der Waals surface area (Å²) >= 11 is 5.56. The lowest BCUT2D eigenvalue weighted by Crippen LogP contribution is -2.24. The molecule has 202 valence electrons. The van der Waals surface area contributed by atoms with E-state index in [1.165, 1.54) is 36.7 Å². The maximum absolute atomic E-state index is 12.8. The van der Waals surface area contributed by atoms with Gasteiger partial charge in [0, 0.05) is 35.1 Å². The molecule has 0 spiro atoms.